The van der Waals surface area contributed by atoms with Crippen LogP contribution in [0.3, 0.4) is 0 Å². The summed E-state index contributed by atoms with van der Waals surface area (Å²) in [5, 5.41) is 41.2. The summed E-state index contributed by atoms with van der Waals surface area (Å²) in [4.78, 5) is 21.7. The van der Waals surface area contributed by atoms with Crippen LogP contribution in [0.25, 0.3) is 0 Å². The number of aliphatic hydroxyl groups excluding tert-OH is 1. The Morgan fingerprint density at radius 1 is 0.740 bits per heavy atom. The van der Waals surface area contributed by atoms with Gasteiger partial charge < -0.3 is 53.7 Å². The van der Waals surface area contributed by atoms with Crippen LogP contribution < -0.4 is 20.8 Å². The number of carbonyl (C=O) groups excluding carboxylic acids is 1. The van der Waals surface area contributed by atoms with E-state index in [1.54, 1.807) is 7.11 Å². The molecule has 0 saturated carbocycles. The maximum Gasteiger partial charge on any atom is 0.309 e. The van der Waals surface area contributed by atoms with Gasteiger partial charge in [-0.1, -0.05) is 76.9 Å². The quantitative estimate of drug-likeness (QED) is 0.0637. The van der Waals surface area contributed by atoms with Crippen LogP contribution in [0.15, 0.2) is 84.9 Å². The smallest absolute Gasteiger partial charge is 0.309 e. The van der Waals surface area contributed by atoms with E-state index >= 15 is 0 Å². The molecule has 77 heavy (non-hydrogen) atoms. The van der Waals surface area contributed by atoms with E-state index in [-0.39, 0.29) is 24.1 Å². The lowest BCUT2D eigenvalue weighted by Crippen LogP contribution is -2.60. The first-order valence-corrected chi connectivity index (χ1v) is 31.4. The lowest BCUT2D eigenvalue weighted by molar-refractivity contribution is -0.275. The first-order valence-electron chi connectivity index (χ1n) is 29.4. The molecule has 12 nitrogen and oxygen atoms in total. The number of anilines is 1. The molecule has 0 aromatic heterocycles. The van der Waals surface area contributed by atoms with Crippen LogP contribution in [0.4, 0.5) is 5.69 Å². The summed E-state index contributed by atoms with van der Waals surface area (Å²) >= 11 is 0. The average Bonchev–Trinajstić information content (AvgIpc) is 3.39. The number of carbonyl (C=O) groups is 1. The Labute approximate surface area is 466 Å². The number of cyclic esters (lactones) is 1. The molecule has 3 saturated heterocycles. The molecule has 0 amide bonds. The van der Waals surface area contributed by atoms with Crippen molar-refractivity contribution in [3.8, 4) is 0 Å². The van der Waals surface area contributed by atoms with Gasteiger partial charge >= 0.3 is 5.97 Å². The first kappa shape index (κ1) is 63.2. The standard InChI is InChI=1S/C64H103N3O9P/c1-16-56-62(8,70)41-45(3)67(36-26-18-17-19-27-37-77(52-28-22-20-23-29-52,53-30-24-21-25-31-53)54-34-32-50(33-35-54)65(11)12)43-44(2)40-63(9,71)60(76-57-39-51(66(13)14)38-46(4)73-57)47(5)58(48(6)61(69)75-56)55-42-64(10,72-15)59(68)49(7)74-55/h20-25,28-35,44-49,51,55-60,68,70-71H,16-19,26-27,36-43H2,1-15H3/q+1/t44-,45-,46-,47+,48-,49+,51+,55-,56-,57+,58?,59+,60-,62+,63-,64-/m1/s1. The second-order valence-corrected chi connectivity index (χ2v) is 28.7. The van der Waals surface area contributed by atoms with E-state index in [1.165, 1.54) is 21.6 Å². The van der Waals surface area contributed by atoms with Crippen molar-refractivity contribution in [1.29, 1.82) is 0 Å². The van der Waals surface area contributed by atoms with Crippen molar-refractivity contribution in [3.05, 3.63) is 84.9 Å². The molecule has 3 aliphatic heterocycles. The number of esters is 1. The summed E-state index contributed by atoms with van der Waals surface area (Å²) in [6.45, 7) is 21.4. The van der Waals surface area contributed by atoms with Gasteiger partial charge in [0.1, 0.15) is 41.0 Å². The normalized spacial score (nSPS) is 35.5. The number of hydrogen-bond acceptors (Lipinski definition) is 12. The van der Waals surface area contributed by atoms with E-state index in [9.17, 15) is 20.1 Å². The molecule has 3 N–H and O–H groups in total. The molecule has 432 valence electrons. The zero-order chi connectivity index (χ0) is 56.5. The van der Waals surface area contributed by atoms with Gasteiger partial charge in [0, 0.05) is 64.3 Å². The number of hydrogen-bond donors (Lipinski definition) is 3. The number of rotatable bonds is 18. The van der Waals surface area contributed by atoms with Gasteiger partial charge in [-0.15, -0.1) is 0 Å². The molecule has 3 heterocycles. The van der Waals surface area contributed by atoms with E-state index in [0.717, 1.165) is 51.2 Å². The Morgan fingerprint density at radius 3 is 1.90 bits per heavy atom. The third kappa shape index (κ3) is 15.5. The Kier molecular flexibility index (Phi) is 22.7. The zero-order valence-corrected chi connectivity index (χ0v) is 51.0. The highest BCUT2D eigenvalue weighted by Gasteiger charge is 2.54. The Hall–Kier alpha value is -3.00. The minimum absolute atomic E-state index is 0.0232. The topological polar surface area (TPSA) is 134 Å². The second-order valence-electron chi connectivity index (χ2n) is 25.1. The molecule has 0 aliphatic carbocycles. The van der Waals surface area contributed by atoms with Crippen molar-refractivity contribution in [1.82, 2.24) is 9.80 Å². The Morgan fingerprint density at radius 2 is 1.32 bits per heavy atom. The van der Waals surface area contributed by atoms with Gasteiger partial charge in [-0.3, -0.25) is 4.79 Å². The number of methoxy groups -OCH3 is 1. The fourth-order valence-corrected chi connectivity index (χ4v) is 18.2. The van der Waals surface area contributed by atoms with Crippen molar-refractivity contribution in [2.45, 2.75) is 212 Å². The van der Waals surface area contributed by atoms with Crippen molar-refractivity contribution < 1.29 is 43.8 Å². The minimum Gasteiger partial charge on any atom is -0.459 e. The molecule has 3 aromatic rings. The fourth-order valence-electron chi connectivity index (χ4n) is 13.8. The van der Waals surface area contributed by atoms with Crippen LogP contribution in [-0.4, -0.2) is 157 Å². The maximum atomic E-state index is 14.8. The van der Waals surface area contributed by atoms with E-state index < -0.39 is 84.6 Å². The van der Waals surface area contributed by atoms with Crippen molar-refractivity contribution in [3.63, 3.8) is 0 Å². The molecule has 0 radical (unpaired) electrons. The number of nitrogens with zero attached hydrogens (tertiary/aromatic N) is 3. The molecule has 13 heteroatoms. The molecule has 0 spiro atoms. The highest BCUT2D eigenvalue weighted by atomic mass is 31.2. The largest absolute Gasteiger partial charge is 0.459 e. The fraction of sp³-hybridized carbons (Fsp3) is 0.703. The Bertz CT molecular complexity index is 2190. The number of benzene rings is 3. The van der Waals surface area contributed by atoms with Crippen LogP contribution >= 0.6 is 7.26 Å². The van der Waals surface area contributed by atoms with E-state index in [2.05, 4.69) is 156 Å². The van der Waals surface area contributed by atoms with Gasteiger partial charge in [-0.2, -0.15) is 0 Å². The number of aliphatic hydroxyl groups is 3. The second kappa shape index (κ2) is 27.6. The minimum atomic E-state index is -1.96. The Balaban J connectivity index is 1.25. The lowest BCUT2D eigenvalue weighted by Gasteiger charge is -2.51. The molecule has 6 rings (SSSR count). The molecule has 0 bridgehead atoms. The van der Waals surface area contributed by atoms with E-state index in [4.69, 9.17) is 23.7 Å². The van der Waals surface area contributed by atoms with Gasteiger partial charge in [-0.25, -0.2) is 0 Å². The summed E-state index contributed by atoms with van der Waals surface area (Å²) < 4.78 is 32.9. The average molecular weight is 1090 g/mol. The molecule has 3 aliphatic rings. The van der Waals surface area contributed by atoms with E-state index in [1.807, 2.05) is 41.5 Å². The number of unbranched alkanes of at least 4 members (excludes halogenated alkanes) is 4. The van der Waals surface area contributed by atoms with Crippen molar-refractivity contribution in [2.24, 2.45) is 23.7 Å². The third-order valence-corrected chi connectivity index (χ3v) is 22.7. The van der Waals surface area contributed by atoms with Crippen LogP contribution in [-0.2, 0) is 28.5 Å². The van der Waals surface area contributed by atoms with Crippen LogP contribution in [0.1, 0.15) is 140 Å². The third-order valence-electron chi connectivity index (χ3n) is 18.2. The maximum absolute atomic E-state index is 14.8. The van der Waals surface area contributed by atoms with Gasteiger partial charge in [-0.05, 0) is 167 Å². The molecule has 1 unspecified atom stereocenters. The van der Waals surface area contributed by atoms with Crippen molar-refractivity contribution in [2.75, 3.05) is 59.5 Å². The highest BCUT2D eigenvalue weighted by Crippen LogP contribution is 2.56. The summed E-state index contributed by atoms with van der Waals surface area (Å²) in [7, 11) is 8.01. The molecule has 3 fully saturated rings. The van der Waals surface area contributed by atoms with Crippen LogP contribution in [0.2, 0.25) is 0 Å². The van der Waals surface area contributed by atoms with Gasteiger partial charge in [0.25, 0.3) is 0 Å². The predicted molar refractivity (Wildman–Crippen MR) is 316 cm³/mol. The summed E-state index contributed by atoms with van der Waals surface area (Å²) in [5.74, 6) is -2.17. The first-order chi connectivity index (χ1) is 36.4. The SMILES string of the molecule is CC[C@H]1OC(=O)[C@H](C)C([C@H]2C[C@@](C)(OC)[C@@H](O)[C@H](C)O2)[C@H](C)[C@@H](O[C@H]2C[C@@H](N(C)C)C[C@@H](C)O2)[C@](C)(O)C[C@@H](C)CN(CCCCCCC[P+](c2ccccc2)(c2ccccc2)c2ccc(N(C)C)cc2)[C@H](C)C[C@]1(C)O. The van der Waals surface area contributed by atoms with Crippen LogP contribution in [0.5, 0.6) is 0 Å². The summed E-state index contributed by atoms with van der Waals surface area (Å²) in [6.07, 6.45) is 5.31. The number of ether oxygens (including phenoxy) is 5. The summed E-state index contributed by atoms with van der Waals surface area (Å²) in [6, 6.07) is 31.8. The molecule has 16 atom stereocenters. The van der Waals surface area contributed by atoms with Gasteiger partial charge in [0.2, 0.25) is 0 Å². The molecular weight excluding hydrogens is 986 g/mol. The highest BCUT2D eigenvalue weighted by molar-refractivity contribution is 7.95. The zero-order valence-electron chi connectivity index (χ0n) is 50.1. The van der Waals surface area contributed by atoms with Crippen molar-refractivity contribution >= 4 is 34.8 Å². The van der Waals surface area contributed by atoms with Gasteiger partial charge in [0.15, 0.2) is 6.29 Å². The van der Waals surface area contributed by atoms with E-state index in [0.29, 0.717) is 38.6 Å². The van der Waals surface area contributed by atoms with Crippen LogP contribution in [0, 0.1) is 23.7 Å². The molecule has 3 aromatic carbocycles. The monoisotopic (exact) mass is 1090 g/mol. The predicted octanol–water partition coefficient (Wildman–Crippen LogP) is 9.61. The lowest BCUT2D eigenvalue weighted by atomic mass is 9.68. The summed E-state index contributed by atoms with van der Waals surface area (Å²) in [5.41, 5.74) is -2.45. The van der Waals surface area contributed by atoms with Gasteiger partial charge in [0.05, 0.1) is 47.7 Å². The molecular formula is C64H103N3O9P+.